The molecule has 3 heteroatoms. The molecule has 2 aromatic rings. The smallest absolute Gasteiger partial charge is 0.0483 e. The monoisotopic (exact) mass is 234 g/mol. The highest BCUT2D eigenvalue weighted by Gasteiger charge is 2.06. The van der Waals surface area contributed by atoms with Crippen LogP contribution in [0.4, 0.5) is 0 Å². The van der Waals surface area contributed by atoms with Gasteiger partial charge < -0.3 is 10.3 Å². The molecule has 0 aliphatic heterocycles. The SMILES string of the molecule is CCSCCn1c(CN)cc2ccccc21. The third-order valence-electron chi connectivity index (χ3n) is 2.77. The molecule has 1 aromatic carbocycles. The van der Waals surface area contributed by atoms with Crippen molar-refractivity contribution in [1.82, 2.24) is 4.57 Å². The van der Waals surface area contributed by atoms with Crippen LogP contribution in [0.5, 0.6) is 0 Å². The number of nitrogens with zero attached hydrogens (tertiary/aromatic N) is 1. The Balaban J connectivity index is 2.32. The van der Waals surface area contributed by atoms with E-state index in [1.54, 1.807) is 0 Å². The van der Waals surface area contributed by atoms with Gasteiger partial charge in [0.25, 0.3) is 0 Å². The predicted molar refractivity (Wildman–Crippen MR) is 72.8 cm³/mol. The van der Waals surface area contributed by atoms with Crippen LogP contribution in [0, 0.1) is 0 Å². The van der Waals surface area contributed by atoms with Crippen molar-refractivity contribution in [3.63, 3.8) is 0 Å². The molecule has 1 heterocycles. The van der Waals surface area contributed by atoms with E-state index in [0.717, 1.165) is 12.3 Å². The second kappa shape index (κ2) is 5.41. The first-order valence-corrected chi connectivity index (χ1v) is 6.87. The summed E-state index contributed by atoms with van der Waals surface area (Å²) in [5.74, 6) is 2.33. The quantitative estimate of drug-likeness (QED) is 0.806. The molecule has 1 aromatic heterocycles. The maximum absolute atomic E-state index is 5.79. The van der Waals surface area contributed by atoms with Gasteiger partial charge in [0.15, 0.2) is 0 Å². The van der Waals surface area contributed by atoms with E-state index in [1.807, 2.05) is 11.8 Å². The summed E-state index contributed by atoms with van der Waals surface area (Å²) in [5, 5.41) is 1.30. The van der Waals surface area contributed by atoms with Crippen LogP contribution in [-0.4, -0.2) is 16.1 Å². The summed E-state index contributed by atoms with van der Waals surface area (Å²) in [7, 11) is 0. The molecule has 0 saturated carbocycles. The lowest BCUT2D eigenvalue weighted by atomic mass is 10.2. The highest BCUT2D eigenvalue weighted by molar-refractivity contribution is 7.99. The fourth-order valence-corrected chi connectivity index (χ4v) is 2.60. The van der Waals surface area contributed by atoms with Gasteiger partial charge in [0.1, 0.15) is 0 Å². The van der Waals surface area contributed by atoms with Crippen LogP contribution in [0.3, 0.4) is 0 Å². The van der Waals surface area contributed by atoms with Crippen molar-refractivity contribution in [1.29, 1.82) is 0 Å². The van der Waals surface area contributed by atoms with Crippen molar-refractivity contribution in [3.8, 4) is 0 Å². The number of hydrogen-bond acceptors (Lipinski definition) is 2. The van der Waals surface area contributed by atoms with E-state index in [0.29, 0.717) is 6.54 Å². The fourth-order valence-electron chi connectivity index (χ4n) is 2.00. The minimum atomic E-state index is 0.617. The minimum Gasteiger partial charge on any atom is -0.342 e. The molecule has 0 radical (unpaired) electrons. The summed E-state index contributed by atoms with van der Waals surface area (Å²) in [4.78, 5) is 0. The average Bonchev–Trinajstić information content (AvgIpc) is 2.68. The normalized spacial score (nSPS) is 11.1. The largest absolute Gasteiger partial charge is 0.342 e. The highest BCUT2D eigenvalue weighted by Crippen LogP contribution is 2.20. The number of para-hydroxylation sites is 1. The molecule has 0 bridgehead atoms. The molecule has 2 rings (SSSR count). The van der Waals surface area contributed by atoms with Gasteiger partial charge in [-0.1, -0.05) is 25.1 Å². The second-order valence-corrected chi connectivity index (χ2v) is 5.14. The van der Waals surface area contributed by atoms with Crippen LogP contribution < -0.4 is 5.73 Å². The van der Waals surface area contributed by atoms with E-state index in [2.05, 4.69) is 41.8 Å². The van der Waals surface area contributed by atoms with E-state index in [4.69, 9.17) is 5.73 Å². The van der Waals surface area contributed by atoms with Gasteiger partial charge in [0.2, 0.25) is 0 Å². The maximum Gasteiger partial charge on any atom is 0.0483 e. The number of hydrogen-bond donors (Lipinski definition) is 1. The van der Waals surface area contributed by atoms with Crippen LogP contribution in [-0.2, 0) is 13.1 Å². The summed E-state index contributed by atoms with van der Waals surface area (Å²) in [6.07, 6.45) is 0. The van der Waals surface area contributed by atoms with Gasteiger partial charge >= 0.3 is 0 Å². The molecule has 0 amide bonds. The van der Waals surface area contributed by atoms with E-state index in [-0.39, 0.29) is 0 Å². The summed E-state index contributed by atoms with van der Waals surface area (Å²) in [5.41, 5.74) is 8.33. The van der Waals surface area contributed by atoms with E-state index in [1.165, 1.54) is 22.3 Å². The van der Waals surface area contributed by atoms with E-state index >= 15 is 0 Å². The third kappa shape index (κ3) is 2.25. The molecule has 2 N–H and O–H groups in total. The van der Waals surface area contributed by atoms with Crippen molar-refractivity contribution in [2.75, 3.05) is 11.5 Å². The van der Waals surface area contributed by atoms with Gasteiger partial charge in [-0.25, -0.2) is 0 Å². The molecule has 0 saturated heterocycles. The Morgan fingerprint density at radius 1 is 1.31 bits per heavy atom. The lowest BCUT2D eigenvalue weighted by Gasteiger charge is -2.08. The summed E-state index contributed by atoms with van der Waals surface area (Å²) >= 11 is 1.97. The Labute approximate surface area is 101 Å². The van der Waals surface area contributed by atoms with Gasteiger partial charge in [-0.3, -0.25) is 0 Å². The first-order chi connectivity index (χ1) is 7.86. The molecule has 0 atom stereocenters. The molecule has 0 unspecified atom stereocenters. The molecule has 0 aliphatic carbocycles. The third-order valence-corrected chi connectivity index (χ3v) is 3.65. The number of benzene rings is 1. The second-order valence-electron chi connectivity index (χ2n) is 3.75. The fraction of sp³-hybridized carbons (Fsp3) is 0.385. The van der Waals surface area contributed by atoms with Gasteiger partial charge in [-0.05, 0) is 23.3 Å². The first-order valence-electron chi connectivity index (χ1n) is 5.71. The van der Waals surface area contributed by atoms with Gasteiger partial charge in [-0.15, -0.1) is 0 Å². The molecule has 2 nitrogen and oxygen atoms in total. The molecule has 0 fully saturated rings. The topological polar surface area (TPSA) is 30.9 Å². The molecular weight excluding hydrogens is 216 g/mol. The molecule has 0 aliphatic rings. The number of fused-ring (bicyclic) bond motifs is 1. The van der Waals surface area contributed by atoms with Crippen molar-refractivity contribution < 1.29 is 0 Å². The Hall–Kier alpha value is -0.930. The van der Waals surface area contributed by atoms with E-state index < -0.39 is 0 Å². The van der Waals surface area contributed by atoms with Crippen LogP contribution in [0.15, 0.2) is 30.3 Å². The standard InChI is InChI=1S/C13H18N2S/c1-2-16-8-7-15-12(10-14)9-11-5-3-4-6-13(11)15/h3-6,9H,2,7-8,10,14H2,1H3. The van der Waals surface area contributed by atoms with Gasteiger partial charge in [-0.2, -0.15) is 11.8 Å². The summed E-state index contributed by atoms with van der Waals surface area (Å²) in [6.45, 7) is 3.87. The number of rotatable bonds is 5. The van der Waals surface area contributed by atoms with E-state index in [9.17, 15) is 0 Å². The van der Waals surface area contributed by atoms with Crippen LogP contribution in [0.2, 0.25) is 0 Å². The lowest BCUT2D eigenvalue weighted by Crippen LogP contribution is -2.08. The van der Waals surface area contributed by atoms with Crippen LogP contribution >= 0.6 is 11.8 Å². The van der Waals surface area contributed by atoms with Crippen molar-refractivity contribution >= 4 is 22.7 Å². The molecule has 86 valence electrons. The zero-order chi connectivity index (χ0) is 11.4. The molecular formula is C13H18N2S. The number of aromatic nitrogens is 1. The first kappa shape index (κ1) is 11.6. The molecule has 0 spiro atoms. The predicted octanol–water partition coefficient (Wildman–Crippen LogP) is 2.85. The Bertz CT molecular complexity index is 462. The van der Waals surface area contributed by atoms with Crippen LogP contribution in [0.25, 0.3) is 10.9 Å². The molecule has 16 heavy (non-hydrogen) atoms. The van der Waals surface area contributed by atoms with Crippen molar-refractivity contribution in [2.45, 2.75) is 20.0 Å². The Kier molecular flexibility index (Phi) is 3.91. The van der Waals surface area contributed by atoms with Crippen molar-refractivity contribution in [3.05, 3.63) is 36.0 Å². The van der Waals surface area contributed by atoms with Crippen LogP contribution in [0.1, 0.15) is 12.6 Å². The van der Waals surface area contributed by atoms with Gasteiger partial charge in [0, 0.05) is 30.1 Å². The number of aryl methyl sites for hydroxylation is 1. The van der Waals surface area contributed by atoms with Gasteiger partial charge in [0.05, 0.1) is 0 Å². The lowest BCUT2D eigenvalue weighted by molar-refractivity contribution is 0.746. The Morgan fingerprint density at radius 2 is 2.12 bits per heavy atom. The highest BCUT2D eigenvalue weighted by atomic mass is 32.2. The number of nitrogens with two attached hydrogens (primary N) is 1. The van der Waals surface area contributed by atoms with Crippen molar-refractivity contribution in [2.24, 2.45) is 5.73 Å². The number of thioether (sulfide) groups is 1. The summed E-state index contributed by atoms with van der Waals surface area (Å²) < 4.78 is 2.35. The zero-order valence-electron chi connectivity index (χ0n) is 9.65. The average molecular weight is 234 g/mol. The maximum atomic E-state index is 5.79. The summed E-state index contributed by atoms with van der Waals surface area (Å²) in [6, 6.07) is 10.7. The minimum absolute atomic E-state index is 0.617. The zero-order valence-corrected chi connectivity index (χ0v) is 10.5. The Morgan fingerprint density at radius 3 is 2.88 bits per heavy atom.